The fraction of sp³-hybridized carbons (Fsp3) is 0.462. The number of nitrogens with zero attached hydrogens (tertiary/aromatic N) is 4. The molecule has 1 heterocycles. The SMILES string of the molecule is CN(C)/C=N\c1nc(C2(C)CC2)ccc1C#N. The van der Waals surface area contributed by atoms with Crippen LogP contribution in [0.1, 0.15) is 31.0 Å². The molecule has 0 radical (unpaired) electrons. The third kappa shape index (κ3) is 2.44. The topological polar surface area (TPSA) is 52.3 Å². The maximum atomic E-state index is 9.02. The first-order chi connectivity index (χ1) is 8.05. The molecule has 2 rings (SSSR count). The Balaban J connectivity index is 2.37. The summed E-state index contributed by atoms with van der Waals surface area (Å²) in [7, 11) is 3.78. The van der Waals surface area contributed by atoms with Crippen LogP contribution in [0.25, 0.3) is 0 Å². The Morgan fingerprint density at radius 2 is 2.18 bits per heavy atom. The zero-order chi connectivity index (χ0) is 12.5. The fourth-order valence-electron chi connectivity index (χ4n) is 1.58. The van der Waals surface area contributed by atoms with E-state index in [2.05, 4.69) is 23.0 Å². The Hall–Kier alpha value is -1.89. The van der Waals surface area contributed by atoms with E-state index in [-0.39, 0.29) is 5.41 Å². The second kappa shape index (κ2) is 4.17. The molecule has 0 atom stereocenters. The summed E-state index contributed by atoms with van der Waals surface area (Å²) in [6, 6.07) is 5.88. The van der Waals surface area contributed by atoms with E-state index in [9.17, 15) is 0 Å². The zero-order valence-corrected chi connectivity index (χ0v) is 10.4. The highest BCUT2D eigenvalue weighted by atomic mass is 15.1. The van der Waals surface area contributed by atoms with Gasteiger partial charge in [0.1, 0.15) is 6.07 Å². The highest BCUT2D eigenvalue weighted by molar-refractivity contribution is 5.62. The Morgan fingerprint density at radius 1 is 1.47 bits per heavy atom. The normalized spacial score (nSPS) is 16.8. The van der Waals surface area contributed by atoms with Gasteiger partial charge in [-0.1, -0.05) is 6.92 Å². The van der Waals surface area contributed by atoms with Gasteiger partial charge in [0, 0.05) is 25.2 Å². The van der Waals surface area contributed by atoms with Crippen LogP contribution in [0.15, 0.2) is 17.1 Å². The van der Waals surface area contributed by atoms with Crippen LogP contribution < -0.4 is 0 Å². The van der Waals surface area contributed by atoms with Crippen molar-refractivity contribution in [2.24, 2.45) is 4.99 Å². The van der Waals surface area contributed by atoms with Crippen molar-refractivity contribution in [2.45, 2.75) is 25.2 Å². The van der Waals surface area contributed by atoms with E-state index in [0.29, 0.717) is 11.4 Å². The van der Waals surface area contributed by atoms with Crippen molar-refractivity contribution in [3.05, 3.63) is 23.4 Å². The predicted octanol–water partition coefficient (Wildman–Crippen LogP) is 2.23. The molecule has 1 aliphatic carbocycles. The Morgan fingerprint density at radius 3 is 2.71 bits per heavy atom. The minimum absolute atomic E-state index is 0.205. The summed E-state index contributed by atoms with van der Waals surface area (Å²) >= 11 is 0. The average Bonchev–Trinajstić information content (AvgIpc) is 3.05. The van der Waals surface area contributed by atoms with E-state index in [1.807, 2.05) is 31.1 Å². The second-order valence-electron chi connectivity index (χ2n) is 4.95. The minimum atomic E-state index is 0.205. The Kier molecular flexibility index (Phi) is 2.84. The summed E-state index contributed by atoms with van der Waals surface area (Å²) in [4.78, 5) is 10.6. The molecular weight excluding hydrogens is 212 g/mol. The van der Waals surface area contributed by atoms with Gasteiger partial charge in [-0.3, -0.25) is 0 Å². The van der Waals surface area contributed by atoms with E-state index < -0.39 is 0 Å². The first-order valence-electron chi connectivity index (χ1n) is 5.67. The molecule has 1 fully saturated rings. The molecule has 0 N–H and O–H groups in total. The van der Waals surface area contributed by atoms with Crippen LogP contribution in [0.3, 0.4) is 0 Å². The number of pyridine rings is 1. The van der Waals surface area contributed by atoms with E-state index in [1.54, 1.807) is 6.34 Å². The van der Waals surface area contributed by atoms with Crippen molar-refractivity contribution in [3.8, 4) is 6.07 Å². The van der Waals surface area contributed by atoms with E-state index in [0.717, 1.165) is 5.69 Å². The summed E-state index contributed by atoms with van der Waals surface area (Å²) in [6.45, 7) is 2.20. The minimum Gasteiger partial charge on any atom is -0.369 e. The van der Waals surface area contributed by atoms with Crippen molar-refractivity contribution in [1.29, 1.82) is 5.26 Å². The lowest BCUT2D eigenvalue weighted by Gasteiger charge is -2.09. The van der Waals surface area contributed by atoms with E-state index >= 15 is 0 Å². The monoisotopic (exact) mass is 228 g/mol. The molecule has 1 aliphatic rings. The number of rotatable bonds is 3. The van der Waals surface area contributed by atoms with Crippen LogP contribution in [-0.2, 0) is 5.41 Å². The van der Waals surface area contributed by atoms with Gasteiger partial charge in [-0.25, -0.2) is 9.98 Å². The largest absolute Gasteiger partial charge is 0.369 e. The molecule has 0 aromatic carbocycles. The quantitative estimate of drug-likeness (QED) is 0.589. The van der Waals surface area contributed by atoms with Crippen LogP contribution in [0, 0.1) is 11.3 Å². The zero-order valence-electron chi connectivity index (χ0n) is 10.4. The van der Waals surface area contributed by atoms with E-state index in [1.165, 1.54) is 12.8 Å². The molecule has 88 valence electrons. The highest BCUT2D eigenvalue weighted by Gasteiger charge is 2.40. The van der Waals surface area contributed by atoms with Gasteiger partial charge in [0.05, 0.1) is 11.9 Å². The van der Waals surface area contributed by atoms with Crippen LogP contribution in [-0.4, -0.2) is 30.3 Å². The van der Waals surface area contributed by atoms with Crippen molar-refractivity contribution >= 4 is 12.2 Å². The van der Waals surface area contributed by atoms with Gasteiger partial charge in [0.2, 0.25) is 0 Å². The van der Waals surface area contributed by atoms with Gasteiger partial charge in [-0.15, -0.1) is 0 Å². The predicted molar refractivity (Wildman–Crippen MR) is 67.4 cm³/mol. The standard InChI is InChI=1S/C13H16N4/c1-13(6-7-13)11-5-4-10(8-14)12(16-11)15-9-17(2)3/h4-5,9H,6-7H2,1-3H3/b15-9-. The molecule has 0 unspecified atom stereocenters. The molecule has 4 heteroatoms. The van der Waals surface area contributed by atoms with Crippen molar-refractivity contribution in [3.63, 3.8) is 0 Å². The van der Waals surface area contributed by atoms with Crippen molar-refractivity contribution in [1.82, 2.24) is 9.88 Å². The van der Waals surface area contributed by atoms with Gasteiger partial charge >= 0.3 is 0 Å². The molecule has 17 heavy (non-hydrogen) atoms. The molecule has 4 nitrogen and oxygen atoms in total. The molecule has 0 amide bonds. The smallest absolute Gasteiger partial charge is 0.171 e. The first kappa shape index (κ1) is 11.6. The Labute approximate surface area is 102 Å². The number of nitriles is 1. The van der Waals surface area contributed by atoms with Gasteiger partial charge in [-0.05, 0) is 25.0 Å². The number of hydrogen-bond donors (Lipinski definition) is 0. The third-order valence-corrected chi connectivity index (χ3v) is 3.02. The van der Waals surface area contributed by atoms with Crippen LogP contribution in [0.2, 0.25) is 0 Å². The summed E-state index contributed by atoms with van der Waals surface area (Å²) in [5.74, 6) is 0.520. The van der Waals surface area contributed by atoms with Gasteiger partial charge < -0.3 is 4.90 Å². The number of hydrogen-bond acceptors (Lipinski definition) is 3. The summed E-state index contributed by atoms with van der Waals surface area (Å²) in [6.07, 6.45) is 4.01. The lowest BCUT2D eigenvalue weighted by atomic mass is 10.0. The van der Waals surface area contributed by atoms with Crippen LogP contribution in [0.4, 0.5) is 5.82 Å². The van der Waals surface area contributed by atoms with Gasteiger partial charge in [0.25, 0.3) is 0 Å². The van der Waals surface area contributed by atoms with Crippen LogP contribution >= 0.6 is 0 Å². The summed E-state index contributed by atoms with van der Waals surface area (Å²) in [5.41, 5.74) is 1.77. The maximum absolute atomic E-state index is 9.02. The van der Waals surface area contributed by atoms with Gasteiger partial charge in [0.15, 0.2) is 5.82 Å². The molecule has 0 aliphatic heterocycles. The lowest BCUT2D eigenvalue weighted by Crippen LogP contribution is -2.08. The third-order valence-electron chi connectivity index (χ3n) is 3.02. The summed E-state index contributed by atoms with van der Waals surface area (Å²) in [5, 5.41) is 9.02. The molecule has 0 saturated heterocycles. The Bertz CT molecular complexity index is 493. The molecule has 0 bridgehead atoms. The number of aromatic nitrogens is 1. The molecule has 1 aromatic heterocycles. The molecule has 0 spiro atoms. The van der Waals surface area contributed by atoms with Gasteiger partial charge in [-0.2, -0.15) is 5.26 Å². The lowest BCUT2D eigenvalue weighted by molar-refractivity contribution is 0.642. The summed E-state index contributed by atoms with van der Waals surface area (Å²) < 4.78 is 0. The molecule has 1 aromatic rings. The first-order valence-corrected chi connectivity index (χ1v) is 5.67. The average molecular weight is 228 g/mol. The van der Waals surface area contributed by atoms with E-state index in [4.69, 9.17) is 5.26 Å². The highest BCUT2D eigenvalue weighted by Crippen LogP contribution is 2.47. The maximum Gasteiger partial charge on any atom is 0.171 e. The fourth-order valence-corrected chi connectivity index (χ4v) is 1.58. The second-order valence-corrected chi connectivity index (χ2v) is 4.95. The molecular formula is C13H16N4. The van der Waals surface area contributed by atoms with Crippen LogP contribution in [0.5, 0.6) is 0 Å². The van der Waals surface area contributed by atoms with Crippen molar-refractivity contribution < 1.29 is 0 Å². The number of aliphatic imine (C=N–C) groups is 1. The molecule has 1 saturated carbocycles. The van der Waals surface area contributed by atoms with Crippen molar-refractivity contribution in [2.75, 3.05) is 14.1 Å².